The predicted molar refractivity (Wildman–Crippen MR) is 81.9 cm³/mol. The highest BCUT2D eigenvalue weighted by Crippen LogP contribution is 2.30. The molecule has 0 amide bonds. The summed E-state index contributed by atoms with van der Waals surface area (Å²) >= 11 is 0. The molecule has 1 aromatic heterocycles. The van der Waals surface area contributed by atoms with E-state index in [1.165, 1.54) is 0 Å². The van der Waals surface area contributed by atoms with Crippen molar-refractivity contribution in [1.29, 1.82) is 0 Å². The van der Waals surface area contributed by atoms with Crippen LogP contribution in [-0.2, 0) is 4.79 Å². The Labute approximate surface area is 121 Å². The SMILES string of the molecule is CC(C(=O)O)n1c(-c2ccccc2)nc2c(N)cccc21. The number of carboxylic acids is 1. The van der Waals surface area contributed by atoms with Crippen LogP contribution < -0.4 is 5.73 Å². The van der Waals surface area contributed by atoms with Crippen LogP contribution in [0.5, 0.6) is 0 Å². The summed E-state index contributed by atoms with van der Waals surface area (Å²) in [4.78, 5) is 16.0. The zero-order valence-corrected chi connectivity index (χ0v) is 11.5. The maximum Gasteiger partial charge on any atom is 0.326 e. The van der Waals surface area contributed by atoms with E-state index in [1.807, 2.05) is 36.4 Å². The molecule has 5 nitrogen and oxygen atoms in total. The van der Waals surface area contributed by atoms with Crippen molar-refractivity contribution in [1.82, 2.24) is 9.55 Å². The van der Waals surface area contributed by atoms with Crippen LogP contribution in [0.25, 0.3) is 22.4 Å². The minimum Gasteiger partial charge on any atom is -0.480 e. The van der Waals surface area contributed by atoms with Gasteiger partial charge in [0.2, 0.25) is 0 Å². The smallest absolute Gasteiger partial charge is 0.326 e. The molecular weight excluding hydrogens is 266 g/mol. The molecule has 106 valence electrons. The average Bonchev–Trinajstić information content (AvgIpc) is 2.88. The van der Waals surface area contributed by atoms with E-state index in [1.54, 1.807) is 23.6 Å². The average molecular weight is 281 g/mol. The van der Waals surface area contributed by atoms with Gasteiger partial charge in [-0.15, -0.1) is 0 Å². The summed E-state index contributed by atoms with van der Waals surface area (Å²) in [6, 6.07) is 14.2. The molecule has 0 saturated heterocycles. The topological polar surface area (TPSA) is 81.1 Å². The second-order valence-electron chi connectivity index (χ2n) is 4.90. The van der Waals surface area contributed by atoms with Crippen molar-refractivity contribution in [3.05, 3.63) is 48.5 Å². The van der Waals surface area contributed by atoms with E-state index in [0.717, 1.165) is 11.1 Å². The maximum absolute atomic E-state index is 11.4. The first-order valence-corrected chi connectivity index (χ1v) is 6.64. The number of carbonyl (C=O) groups is 1. The second-order valence-corrected chi connectivity index (χ2v) is 4.90. The third-order valence-corrected chi connectivity index (χ3v) is 3.53. The Hall–Kier alpha value is -2.82. The fraction of sp³-hybridized carbons (Fsp3) is 0.125. The molecule has 1 unspecified atom stereocenters. The largest absolute Gasteiger partial charge is 0.480 e. The number of rotatable bonds is 3. The fourth-order valence-corrected chi connectivity index (χ4v) is 2.43. The summed E-state index contributed by atoms with van der Waals surface area (Å²) in [5.74, 6) is -0.299. The lowest BCUT2D eigenvalue weighted by Gasteiger charge is -2.13. The number of hydrogen-bond donors (Lipinski definition) is 2. The first kappa shape index (κ1) is 13.2. The molecular formula is C16H15N3O2. The number of nitrogens with zero attached hydrogens (tertiary/aromatic N) is 2. The molecule has 0 fully saturated rings. The molecule has 0 aliphatic carbocycles. The van der Waals surface area contributed by atoms with Gasteiger partial charge in [-0.25, -0.2) is 9.78 Å². The van der Waals surface area contributed by atoms with Gasteiger partial charge in [-0.1, -0.05) is 36.4 Å². The molecule has 1 heterocycles. The van der Waals surface area contributed by atoms with Crippen LogP contribution >= 0.6 is 0 Å². The standard InChI is InChI=1S/C16H15N3O2/c1-10(16(20)21)19-13-9-5-8-12(17)14(13)18-15(19)11-6-3-2-4-7-11/h2-10H,17H2,1H3,(H,20,21). The molecule has 0 spiro atoms. The van der Waals surface area contributed by atoms with Gasteiger partial charge in [-0.05, 0) is 19.1 Å². The van der Waals surface area contributed by atoms with Gasteiger partial charge >= 0.3 is 5.97 Å². The van der Waals surface area contributed by atoms with Gasteiger partial charge in [0.25, 0.3) is 0 Å². The summed E-state index contributed by atoms with van der Waals surface area (Å²) in [6.45, 7) is 1.64. The molecule has 0 bridgehead atoms. The number of hydrogen-bond acceptors (Lipinski definition) is 3. The first-order valence-electron chi connectivity index (χ1n) is 6.64. The fourth-order valence-electron chi connectivity index (χ4n) is 2.43. The Balaban J connectivity index is 2.35. The zero-order chi connectivity index (χ0) is 15.0. The number of para-hydroxylation sites is 1. The van der Waals surface area contributed by atoms with Crippen LogP contribution in [0.3, 0.4) is 0 Å². The summed E-state index contributed by atoms with van der Waals surface area (Å²) in [6.07, 6.45) is 0. The number of benzene rings is 2. The molecule has 0 aliphatic heterocycles. The Morgan fingerprint density at radius 1 is 1.19 bits per heavy atom. The lowest BCUT2D eigenvalue weighted by atomic mass is 10.2. The Morgan fingerprint density at radius 2 is 1.90 bits per heavy atom. The van der Waals surface area contributed by atoms with Crippen molar-refractivity contribution in [2.24, 2.45) is 0 Å². The Morgan fingerprint density at radius 3 is 2.57 bits per heavy atom. The van der Waals surface area contributed by atoms with Crippen LogP contribution in [0.4, 0.5) is 5.69 Å². The molecule has 1 atom stereocenters. The second kappa shape index (κ2) is 4.94. The van der Waals surface area contributed by atoms with E-state index >= 15 is 0 Å². The molecule has 3 aromatic rings. The zero-order valence-electron chi connectivity index (χ0n) is 11.5. The van der Waals surface area contributed by atoms with Gasteiger partial charge in [-0.3, -0.25) is 0 Å². The van der Waals surface area contributed by atoms with E-state index < -0.39 is 12.0 Å². The third kappa shape index (κ3) is 2.12. The predicted octanol–water partition coefficient (Wildman–Crippen LogP) is 2.93. The summed E-state index contributed by atoms with van der Waals surface area (Å²) in [5.41, 5.74) is 8.73. The van der Waals surface area contributed by atoms with Crippen molar-refractivity contribution >= 4 is 22.7 Å². The monoisotopic (exact) mass is 281 g/mol. The molecule has 2 aromatic carbocycles. The molecule has 0 saturated carbocycles. The van der Waals surface area contributed by atoms with Gasteiger partial charge < -0.3 is 15.4 Å². The molecule has 5 heteroatoms. The van der Waals surface area contributed by atoms with Crippen LogP contribution in [0, 0.1) is 0 Å². The van der Waals surface area contributed by atoms with Crippen LogP contribution in [0.2, 0.25) is 0 Å². The van der Waals surface area contributed by atoms with E-state index in [-0.39, 0.29) is 0 Å². The normalized spacial score (nSPS) is 12.4. The molecule has 3 rings (SSSR count). The van der Waals surface area contributed by atoms with Gasteiger partial charge in [0.05, 0.1) is 11.2 Å². The van der Waals surface area contributed by atoms with Crippen molar-refractivity contribution in [3.8, 4) is 11.4 Å². The molecule has 3 N–H and O–H groups in total. The molecule has 0 aliphatic rings. The quantitative estimate of drug-likeness (QED) is 0.723. The first-order chi connectivity index (χ1) is 10.1. The van der Waals surface area contributed by atoms with Crippen LogP contribution in [-0.4, -0.2) is 20.6 Å². The van der Waals surface area contributed by atoms with Crippen molar-refractivity contribution < 1.29 is 9.90 Å². The minimum atomic E-state index is -0.908. The van der Waals surface area contributed by atoms with E-state index in [2.05, 4.69) is 4.98 Å². The van der Waals surface area contributed by atoms with Crippen molar-refractivity contribution in [2.45, 2.75) is 13.0 Å². The lowest BCUT2D eigenvalue weighted by Crippen LogP contribution is -2.16. The van der Waals surface area contributed by atoms with E-state index in [9.17, 15) is 9.90 Å². The number of nitrogen functional groups attached to an aromatic ring is 1. The highest BCUT2D eigenvalue weighted by atomic mass is 16.4. The number of aliphatic carboxylic acids is 1. The number of imidazole rings is 1. The highest BCUT2D eigenvalue weighted by molar-refractivity contribution is 5.91. The van der Waals surface area contributed by atoms with Gasteiger partial charge in [0.15, 0.2) is 0 Å². The summed E-state index contributed by atoms with van der Waals surface area (Å²) < 4.78 is 1.71. The van der Waals surface area contributed by atoms with Gasteiger partial charge in [0, 0.05) is 5.56 Å². The summed E-state index contributed by atoms with van der Waals surface area (Å²) in [7, 11) is 0. The number of anilines is 1. The number of carboxylic acid groups (broad SMARTS) is 1. The van der Waals surface area contributed by atoms with E-state index in [4.69, 9.17) is 5.73 Å². The van der Waals surface area contributed by atoms with Crippen LogP contribution in [0.15, 0.2) is 48.5 Å². The number of nitrogens with two attached hydrogens (primary N) is 1. The summed E-state index contributed by atoms with van der Waals surface area (Å²) in [5, 5.41) is 9.37. The number of aromatic nitrogens is 2. The third-order valence-electron chi connectivity index (χ3n) is 3.53. The van der Waals surface area contributed by atoms with Gasteiger partial charge in [-0.2, -0.15) is 0 Å². The van der Waals surface area contributed by atoms with E-state index in [0.29, 0.717) is 17.0 Å². The van der Waals surface area contributed by atoms with Crippen molar-refractivity contribution in [3.63, 3.8) is 0 Å². The Bertz CT molecular complexity index is 809. The number of fused-ring (bicyclic) bond motifs is 1. The lowest BCUT2D eigenvalue weighted by molar-refractivity contribution is -0.140. The minimum absolute atomic E-state index is 0.543. The molecule has 21 heavy (non-hydrogen) atoms. The highest BCUT2D eigenvalue weighted by Gasteiger charge is 2.22. The maximum atomic E-state index is 11.4. The van der Waals surface area contributed by atoms with Gasteiger partial charge in [0.1, 0.15) is 17.4 Å². The van der Waals surface area contributed by atoms with Crippen LogP contribution in [0.1, 0.15) is 13.0 Å². The van der Waals surface area contributed by atoms with Crippen molar-refractivity contribution in [2.75, 3.05) is 5.73 Å². The molecule has 0 radical (unpaired) electrons. The Kier molecular flexibility index (Phi) is 3.10.